The third-order valence-corrected chi connectivity index (χ3v) is 4.42. The average Bonchev–Trinajstić information content (AvgIpc) is 2.61. The molecule has 3 N–H and O–H groups in total. The van der Waals surface area contributed by atoms with Crippen LogP contribution in [0.3, 0.4) is 0 Å². The Morgan fingerprint density at radius 2 is 0.880 bits per heavy atom. The van der Waals surface area contributed by atoms with Gasteiger partial charge in [-0.2, -0.15) is 0 Å². The lowest BCUT2D eigenvalue weighted by Gasteiger charge is -2.39. The van der Waals surface area contributed by atoms with Gasteiger partial charge < -0.3 is 24.9 Å². The number of ether oxygens (including phenoxy) is 1. The quantitative estimate of drug-likeness (QED) is 0.322. The molecule has 0 aromatic carbocycles. The molecule has 0 radical (unpaired) electrons. The summed E-state index contributed by atoms with van der Waals surface area (Å²) in [5, 5.41) is 16.2. The van der Waals surface area contributed by atoms with Gasteiger partial charge >= 0.3 is 0 Å². The number of rotatable bonds is 16. The molecular weight excluding hydrogens is 318 g/mol. The SMILES string of the molecule is CCCC[N+](CCCC)(CCCC)CCCC.OCCOCCO.[OH-]. The van der Waals surface area contributed by atoms with Crippen molar-refractivity contribution in [2.24, 2.45) is 0 Å². The molecule has 0 saturated carbocycles. The maximum Gasteiger partial charge on any atom is 0.0786 e. The van der Waals surface area contributed by atoms with Crippen molar-refractivity contribution in [1.29, 1.82) is 0 Å². The molecular formula is C20H47NO4. The number of nitrogens with zero attached hydrogens (tertiary/aromatic N) is 1. The van der Waals surface area contributed by atoms with Crippen LogP contribution in [0.4, 0.5) is 0 Å². The molecule has 0 rings (SSSR count). The highest BCUT2D eigenvalue weighted by atomic mass is 16.5. The molecule has 0 spiro atoms. The van der Waals surface area contributed by atoms with E-state index in [1.807, 2.05) is 0 Å². The number of aliphatic hydroxyl groups excluding tert-OH is 2. The molecule has 0 amide bonds. The maximum absolute atomic E-state index is 8.09. The van der Waals surface area contributed by atoms with Gasteiger partial charge in [0.25, 0.3) is 0 Å². The van der Waals surface area contributed by atoms with Gasteiger partial charge in [-0.15, -0.1) is 0 Å². The molecule has 0 aliphatic rings. The van der Waals surface area contributed by atoms with Crippen molar-refractivity contribution in [3.05, 3.63) is 0 Å². The number of aliphatic hydroxyl groups is 2. The van der Waals surface area contributed by atoms with Crippen LogP contribution in [0, 0.1) is 0 Å². The molecule has 0 saturated heterocycles. The van der Waals surface area contributed by atoms with Gasteiger partial charge in [0.15, 0.2) is 0 Å². The summed E-state index contributed by atoms with van der Waals surface area (Å²) in [6.45, 7) is 15.7. The number of hydrogen-bond donors (Lipinski definition) is 2. The van der Waals surface area contributed by atoms with Crippen LogP contribution < -0.4 is 0 Å². The summed E-state index contributed by atoms with van der Waals surface area (Å²) in [6, 6.07) is 0. The predicted octanol–water partition coefficient (Wildman–Crippen LogP) is 3.81. The largest absolute Gasteiger partial charge is 0.870 e. The molecule has 5 nitrogen and oxygen atoms in total. The first-order chi connectivity index (χ1) is 11.7. The van der Waals surface area contributed by atoms with Crippen LogP contribution in [-0.4, -0.2) is 72.8 Å². The second kappa shape index (κ2) is 23.8. The fourth-order valence-corrected chi connectivity index (χ4v) is 2.88. The van der Waals surface area contributed by atoms with E-state index in [1.54, 1.807) is 0 Å². The Morgan fingerprint density at radius 3 is 1.08 bits per heavy atom. The summed E-state index contributed by atoms with van der Waals surface area (Å²) in [5.41, 5.74) is 0. The molecule has 0 heterocycles. The van der Waals surface area contributed by atoms with Crippen LogP contribution in [0.15, 0.2) is 0 Å². The zero-order valence-electron chi connectivity index (χ0n) is 17.5. The van der Waals surface area contributed by atoms with E-state index < -0.39 is 0 Å². The van der Waals surface area contributed by atoms with E-state index in [2.05, 4.69) is 32.4 Å². The molecule has 0 unspecified atom stereocenters. The molecule has 5 heteroatoms. The lowest BCUT2D eigenvalue weighted by molar-refractivity contribution is -0.929. The van der Waals surface area contributed by atoms with Gasteiger partial charge in [0.2, 0.25) is 0 Å². The van der Waals surface area contributed by atoms with Gasteiger partial charge in [0.05, 0.1) is 52.6 Å². The van der Waals surface area contributed by atoms with E-state index in [4.69, 9.17) is 10.2 Å². The third kappa shape index (κ3) is 20.0. The Labute approximate surface area is 157 Å². The smallest absolute Gasteiger partial charge is 0.0786 e. The third-order valence-electron chi connectivity index (χ3n) is 4.42. The van der Waals surface area contributed by atoms with Gasteiger partial charge in [-0.05, 0) is 25.7 Å². The van der Waals surface area contributed by atoms with Crippen molar-refractivity contribution in [2.45, 2.75) is 79.1 Å². The van der Waals surface area contributed by atoms with Crippen molar-refractivity contribution in [3.63, 3.8) is 0 Å². The van der Waals surface area contributed by atoms with E-state index >= 15 is 0 Å². The zero-order chi connectivity index (χ0) is 18.5. The highest BCUT2D eigenvalue weighted by Crippen LogP contribution is 2.16. The van der Waals surface area contributed by atoms with Gasteiger partial charge in [-0.1, -0.05) is 53.4 Å². The molecule has 156 valence electrons. The average molecular weight is 366 g/mol. The van der Waals surface area contributed by atoms with E-state index in [0.717, 1.165) is 0 Å². The molecule has 25 heavy (non-hydrogen) atoms. The van der Waals surface area contributed by atoms with Gasteiger partial charge in [0, 0.05) is 0 Å². The summed E-state index contributed by atoms with van der Waals surface area (Å²) in [6.07, 6.45) is 11.1. The van der Waals surface area contributed by atoms with Gasteiger partial charge in [0.1, 0.15) is 0 Å². The second-order valence-corrected chi connectivity index (χ2v) is 6.71. The van der Waals surface area contributed by atoms with E-state index in [9.17, 15) is 0 Å². The van der Waals surface area contributed by atoms with E-state index in [1.165, 1.54) is 82.0 Å². The van der Waals surface area contributed by atoms with E-state index in [-0.39, 0.29) is 18.7 Å². The minimum atomic E-state index is 0. The Morgan fingerprint density at radius 1 is 0.600 bits per heavy atom. The Hall–Kier alpha value is -0.200. The van der Waals surface area contributed by atoms with Crippen molar-refractivity contribution in [3.8, 4) is 0 Å². The molecule has 0 aromatic heterocycles. The van der Waals surface area contributed by atoms with Crippen molar-refractivity contribution in [1.82, 2.24) is 0 Å². The Balaban J connectivity index is -0.000000513. The summed E-state index contributed by atoms with van der Waals surface area (Å²) in [7, 11) is 0. The lowest BCUT2D eigenvalue weighted by Crippen LogP contribution is -2.50. The monoisotopic (exact) mass is 365 g/mol. The van der Waals surface area contributed by atoms with E-state index in [0.29, 0.717) is 13.2 Å². The number of hydrogen-bond acceptors (Lipinski definition) is 4. The van der Waals surface area contributed by atoms with Crippen molar-refractivity contribution >= 4 is 0 Å². The highest BCUT2D eigenvalue weighted by Gasteiger charge is 2.24. The fourth-order valence-electron chi connectivity index (χ4n) is 2.88. The maximum atomic E-state index is 8.09. The summed E-state index contributed by atoms with van der Waals surface area (Å²) >= 11 is 0. The highest BCUT2D eigenvalue weighted by molar-refractivity contribution is 4.49. The van der Waals surface area contributed by atoms with Crippen LogP contribution in [0.1, 0.15) is 79.1 Å². The second-order valence-electron chi connectivity index (χ2n) is 6.71. The predicted molar refractivity (Wildman–Crippen MR) is 106 cm³/mol. The molecule has 0 aliphatic carbocycles. The van der Waals surface area contributed by atoms with Gasteiger partial charge in [-0.3, -0.25) is 0 Å². The van der Waals surface area contributed by atoms with Crippen LogP contribution in [0.5, 0.6) is 0 Å². The molecule has 0 atom stereocenters. The topological polar surface area (TPSA) is 79.7 Å². The summed E-state index contributed by atoms with van der Waals surface area (Å²) < 4.78 is 6.05. The normalized spacial score (nSPS) is 10.8. The van der Waals surface area contributed by atoms with Crippen LogP contribution in [0.2, 0.25) is 0 Å². The fraction of sp³-hybridized carbons (Fsp3) is 1.00. The van der Waals surface area contributed by atoms with Crippen LogP contribution >= 0.6 is 0 Å². The standard InChI is InChI=1S/C16H36N.C4H10O3.H2O/c1-5-9-13-17(14-10-6-2,15-11-7-3)16-12-8-4;5-1-3-7-4-2-6;/h5-16H2,1-4H3;5-6H,1-4H2;1H2/q+1;;/p-1. The minimum Gasteiger partial charge on any atom is -0.870 e. The van der Waals surface area contributed by atoms with Crippen LogP contribution in [-0.2, 0) is 4.74 Å². The minimum absolute atomic E-state index is 0. The first-order valence-corrected chi connectivity index (χ1v) is 10.3. The first kappa shape index (κ1) is 29.6. The molecule has 0 fully saturated rings. The van der Waals surface area contributed by atoms with Crippen molar-refractivity contribution < 1.29 is 24.9 Å². The number of quaternary nitrogens is 1. The lowest BCUT2D eigenvalue weighted by atomic mass is 10.1. The van der Waals surface area contributed by atoms with Gasteiger partial charge in [-0.25, -0.2) is 0 Å². The summed E-state index contributed by atoms with van der Waals surface area (Å²) in [5.74, 6) is 0. The number of unbranched alkanes of at least 4 members (excludes halogenated alkanes) is 4. The zero-order valence-corrected chi connectivity index (χ0v) is 17.5. The molecule has 0 aromatic rings. The first-order valence-electron chi connectivity index (χ1n) is 10.3. The Kier molecular flexibility index (Phi) is 28.1. The molecule has 0 aliphatic heterocycles. The Bertz CT molecular complexity index is 186. The van der Waals surface area contributed by atoms with Crippen molar-refractivity contribution in [2.75, 3.05) is 52.6 Å². The summed E-state index contributed by atoms with van der Waals surface area (Å²) in [4.78, 5) is 0. The van der Waals surface area contributed by atoms with Crippen LogP contribution in [0.25, 0.3) is 0 Å². The molecule has 0 bridgehead atoms.